The Balaban J connectivity index is 1.50. The van der Waals surface area contributed by atoms with E-state index in [1.807, 2.05) is 0 Å². The third-order valence-corrected chi connectivity index (χ3v) is 7.08. The van der Waals surface area contributed by atoms with Crippen LogP contribution in [0.25, 0.3) is 4.91 Å². The minimum atomic E-state index is -1.19. The van der Waals surface area contributed by atoms with Gasteiger partial charge in [-0.15, -0.1) is 0 Å². The molecule has 3 aromatic rings. The van der Waals surface area contributed by atoms with Crippen molar-refractivity contribution in [3.8, 4) is 0 Å². The average molecular weight is 523 g/mol. The number of benzene rings is 1. The van der Waals surface area contributed by atoms with Crippen molar-refractivity contribution in [1.29, 1.82) is 0 Å². The highest BCUT2D eigenvalue weighted by Gasteiger charge is 2.34. The van der Waals surface area contributed by atoms with E-state index in [0.717, 1.165) is 0 Å². The molecular formula is C26H27FN6O3S. The summed E-state index contributed by atoms with van der Waals surface area (Å²) in [6.07, 6.45) is 6.32. The van der Waals surface area contributed by atoms with Gasteiger partial charge in [-0.25, -0.2) is 9.37 Å². The van der Waals surface area contributed by atoms with Crippen LogP contribution in [0.5, 0.6) is 0 Å². The van der Waals surface area contributed by atoms with Crippen LogP contribution in [-0.2, 0) is 16.9 Å². The Morgan fingerprint density at radius 2 is 2.03 bits per heavy atom. The second-order valence-corrected chi connectivity index (χ2v) is 10.3. The number of halogens is 1. The number of aromatic nitrogens is 3. The van der Waals surface area contributed by atoms with Crippen molar-refractivity contribution in [2.24, 2.45) is 11.7 Å². The van der Waals surface area contributed by atoms with E-state index >= 15 is 0 Å². The molecule has 1 aromatic carbocycles. The van der Waals surface area contributed by atoms with Gasteiger partial charge >= 0.3 is 0 Å². The van der Waals surface area contributed by atoms with Crippen LogP contribution in [0.2, 0.25) is 0 Å². The molecule has 0 fully saturated rings. The van der Waals surface area contributed by atoms with Crippen LogP contribution in [0.3, 0.4) is 0 Å². The summed E-state index contributed by atoms with van der Waals surface area (Å²) in [7, 11) is 1.64. The average Bonchev–Trinajstić information content (AvgIpc) is 3.27. The fourth-order valence-corrected chi connectivity index (χ4v) is 5.13. The fourth-order valence-electron chi connectivity index (χ4n) is 3.80. The number of nitrogens with two attached hydrogens (primary N) is 1. The zero-order valence-electron chi connectivity index (χ0n) is 20.6. The molecule has 2 amide bonds. The Hall–Kier alpha value is -3.83. The fraction of sp³-hybridized carbons (Fsp3) is 0.269. The Bertz CT molecular complexity index is 1350. The first-order valence-electron chi connectivity index (χ1n) is 11.5. The number of carbonyl (C=O) groups is 2. The minimum absolute atomic E-state index is 0.205. The van der Waals surface area contributed by atoms with E-state index in [-0.39, 0.29) is 18.1 Å². The lowest BCUT2D eigenvalue weighted by Gasteiger charge is -2.20. The third-order valence-electron chi connectivity index (χ3n) is 5.80. The maximum Gasteiger partial charge on any atom is 0.272 e. The van der Waals surface area contributed by atoms with Gasteiger partial charge in [0, 0.05) is 29.9 Å². The van der Waals surface area contributed by atoms with Gasteiger partial charge in [-0.2, -0.15) is 0 Å². The van der Waals surface area contributed by atoms with Crippen molar-refractivity contribution in [1.82, 2.24) is 19.9 Å². The molecule has 2 atom stereocenters. The maximum absolute atomic E-state index is 14.9. The van der Waals surface area contributed by atoms with Gasteiger partial charge in [0.1, 0.15) is 17.3 Å². The Morgan fingerprint density at radius 3 is 2.68 bits per heavy atom. The molecule has 2 aromatic heterocycles. The highest BCUT2D eigenvalue weighted by atomic mass is 32.2. The number of aliphatic hydroxyl groups is 1. The number of primary amides is 1. The third kappa shape index (κ3) is 6.12. The van der Waals surface area contributed by atoms with Gasteiger partial charge in [0.25, 0.3) is 5.91 Å². The number of anilines is 1. The van der Waals surface area contributed by atoms with Gasteiger partial charge < -0.3 is 21.1 Å². The number of carbonyl (C=O) groups excluding carboxylic acids is 2. The molecule has 3 heterocycles. The number of hydrogen-bond acceptors (Lipinski definition) is 8. The van der Waals surface area contributed by atoms with Crippen LogP contribution in [0.4, 0.5) is 10.2 Å². The molecule has 0 bridgehead atoms. The van der Waals surface area contributed by atoms with Crippen LogP contribution >= 0.6 is 11.8 Å². The van der Waals surface area contributed by atoms with Gasteiger partial charge in [0.2, 0.25) is 5.91 Å². The second kappa shape index (κ2) is 10.7. The molecule has 11 heteroatoms. The van der Waals surface area contributed by atoms with Crippen LogP contribution in [0.1, 0.15) is 41.2 Å². The summed E-state index contributed by atoms with van der Waals surface area (Å²) in [4.78, 5) is 39.7. The zero-order valence-corrected chi connectivity index (χ0v) is 21.4. The SMILES string of the molecule is CN(Cc1cnccn1)C(=O)c1cccc(NC2SC(c3ccc(C(C)(C)O)cc3F)=CC2C(N)=O)n1. The number of nitrogens with zero attached hydrogens (tertiary/aromatic N) is 4. The topological polar surface area (TPSA) is 134 Å². The number of hydrogen-bond donors (Lipinski definition) is 3. The van der Waals surface area contributed by atoms with Crippen LogP contribution in [0, 0.1) is 11.7 Å². The first kappa shape index (κ1) is 26.2. The summed E-state index contributed by atoms with van der Waals surface area (Å²) in [6, 6.07) is 9.46. The van der Waals surface area contributed by atoms with Gasteiger partial charge in [0.05, 0.1) is 35.3 Å². The van der Waals surface area contributed by atoms with E-state index in [9.17, 15) is 19.1 Å². The molecule has 1 aliphatic heterocycles. The molecule has 0 spiro atoms. The Morgan fingerprint density at radius 1 is 1.24 bits per heavy atom. The lowest BCUT2D eigenvalue weighted by molar-refractivity contribution is -0.120. The molecule has 2 unspecified atom stereocenters. The quantitative estimate of drug-likeness (QED) is 0.411. The molecule has 0 saturated carbocycles. The van der Waals surface area contributed by atoms with E-state index in [0.29, 0.717) is 27.5 Å². The highest BCUT2D eigenvalue weighted by molar-refractivity contribution is 8.09. The highest BCUT2D eigenvalue weighted by Crippen LogP contribution is 2.43. The molecular weight excluding hydrogens is 495 g/mol. The summed E-state index contributed by atoms with van der Waals surface area (Å²) in [5.74, 6) is -1.78. The predicted octanol–water partition coefficient (Wildman–Crippen LogP) is 3.14. The number of thioether (sulfide) groups is 1. The molecule has 192 valence electrons. The molecule has 4 N–H and O–H groups in total. The molecule has 4 rings (SSSR count). The van der Waals surface area contributed by atoms with Crippen LogP contribution in [0.15, 0.2) is 61.1 Å². The molecule has 0 radical (unpaired) electrons. The maximum atomic E-state index is 14.9. The van der Waals surface area contributed by atoms with E-state index in [2.05, 4.69) is 20.3 Å². The van der Waals surface area contributed by atoms with Crippen molar-refractivity contribution in [2.45, 2.75) is 31.4 Å². The van der Waals surface area contributed by atoms with Crippen molar-refractivity contribution in [3.05, 3.63) is 89.4 Å². The second-order valence-electron chi connectivity index (χ2n) is 9.16. The number of pyridine rings is 1. The van der Waals surface area contributed by atoms with Gasteiger partial charge in [-0.1, -0.05) is 36.0 Å². The standard InChI is InChI=1S/C26H27FN6O3S/c1-26(2,36)15-7-8-17(19(27)11-15)21-12-18(23(28)34)24(37-21)32-22-6-4-5-20(31-22)25(35)33(3)14-16-13-29-9-10-30-16/h4-13,18,24,36H,14H2,1-3H3,(H2,28,34)(H,31,32). The number of nitrogens with one attached hydrogen (secondary N) is 1. The predicted molar refractivity (Wildman–Crippen MR) is 139 cm³/mol. The first-order valence-corrected chi connectivity index (χ1v) is 12.4. The van der Waals surface area contributed by atoms with E-state index in [4.69, 9.17) is 5.73 Å². The molecule has 0 saturated heterocycles. The first-order chi connectivity index (χ1) is 17.5. The smallest absolute Gasteiger partial charge is 0.272 e. The van der Waals surface area contributed by atoms with Gasteiger partial charge in [-0.3, -0.25) is 19.6 Å². The normalized spacial score (nSPS) is 17.3. The summed E-state index contributed by atoms with van der Waals surface area (Å²) >= 11 is 1.24. The number of amides is 2. The van der Waals surface area contributed by atoms with Crippen LogP contribution in [-0.4, -0.2) is 49.2 Å². The number of rotatable bonds is 8. The molecule has 37 heavy (non-hydrogen) atoms. The summed E-state index contributed by atoms with van der Waals surface area (Å²) in [6.45, 7) is 3.42. The largest absolute Gasteiger partial charge is 0.386 e. The minimum Gasteiger partial charge on any atom is -0.386 e. The monoisotopic (exact) mass is 522 g/mol. The Labute approximate surface area is 218 Å². The lowest BCUT2D eigenvalue weighted by Crippen LogP contribution is -2.33. The van der Waals surface area contributed by atoms with E-state index in [1.165, 1.54) is 22.7 Å². The van der Waals surface area contributed by atoms with Crippen molar-refractivity contribution < 1.29 is 19.1 Å². The van der Waals surface area contributed by atoms with Gasteiger partial charge in [0.15, 0.2) is 0 Å². The molecule has 1 aliphatic rings. The van der Waals surface area contributed by atoms with E-state index in [1.54, 1.807) is 75.9 Å². The van der Waals surface area contributed by atoms with Gasteiger partial charge in [-0.05, 0) is 37.6 Å². The Kier molecular flexibility index (Phi) is 7.55. The van der Waals surface area contributed by atoms with Crippen molar-refractivity contribution in [2.75, 3.05) is 12.4 Å². The van der Waals surface area contributed by atoms with Crippen LogP contribution < -0.4 is 11.1 Å². The van der Waals surface area contributed by atoms with Crippen molar-refractivity contribution >= 4 is 34.3 Å². The van der Waals surface area contributed by atoms with Crippen molar-refractivity contribution in [3.63, 3.8) is 0 Å². The summed E-state index contributed by atoms with van der Waals surface area (Å²) in [5.41, 5.74) is 6.03. The summed E-state index contributed by atoms with van der Waals surface area (Å²) < 4.78 is 14.9. The molecule has 0 aliphatic carbocycles. The zero-order chi connectivity index (χ0) is 26.7. The lowest BCUT2D eigenvalue weighted by atomic mass is 9.96. The van der Waals surface area contributed by atoms with E-state index < -0.39 is 28.6 Å². The summed E-state index contributed by atoms with van der Waals surface area (Å²) in [5, 5.41) is 12.8. The molecule has 9 nitrogen and oxygen atoms in total.